The molecule has 1 saturated carbocycles. The Hall–Kier alpha value is -3.51. The van der Waals surface area contributed by atoms with Crippen LogP contribution in [0.4, 0.5) is 17.8 Å². The second-order valence-electron chi connectivity index (χ2n) is 10.6. The van der Waals surface area contributed by atoms with Crippen molar-refractivity contribution in [3.05, 3.63) is 35.9 Å². The molecule has 1 atom stereocenters. The van der Waals surface area contributed by atoms with Gasteiger partial charge in [-0.2, -0.15) is 15.0 Å². The van der Waals surface area contributed by atoms with Gasteiger partial charge in [-0.3, -0.25) is 4.79 Å². The Kier molecular flexibility index (Phi) is 14.1. The highest BCUT2D eigenvalue weighted by Gasteiger charge is 2.21. The zero-order valence-corrected chi connectivity index (χ0v) is 24.2. The van der Waals surface area contributed by atoms with Gasteiger partial charge in [0.2, 0.25) is 17.8 Å². The number of carbonyl (C=O) groups excluding carboxylic acids is 1. The third kappa shape index (κ3) is 12.7. The fourth-order valence-electron chi connectivity index (χ4n) is 4.56. The number of carboxylic acid groups (broad SMARTS) is 1. The van der Waals surface area contributed by atoms with Crippen LogP contribution in [-0.2, 0) is 14.3 Å². The standard InChI is InChI=1S/C29H45N7O5/c1-21(2)19-24(26(38)39)33-29-35-27(34-28(36-29)32-20-22-9-5-3-6-10-22)31-14-16-41-18-17-40-15-13-30-25(37)23-11-7-4-8-12-23/h4,7-8,11-12,21-22,24H,3,5-6,9-10,13-20H2,1-2H3,(H,30,37)(H,38,39)(H3,31,32,33,34,35,36)/t24-/m0/s1. The first-order chi connectivity index (χ1) is 19.9. The van der Waals surface area contributed by atoms with Crippen LogP contribution in [0.3, 0.4) is 0 Å². The molecule has 0 radical (unpaired) electrons. The summed E-state index contributed by atoms with van der Waals surface area (Å²) in [4.78, 5) is 37.1. The minimum atomic E-state index is -0.945. The monoisotopic (exact) mass is 571 g/mol. The highest BCUT2D eigenvalue weighted by molar-refractivity contribution is 5.94. The van der Waals surface area contributed by atoms with Gasteiger partial charge >= 0.3 is 5.97 Å². The van der Waals surface area contributed by atoms with Crippen molar-refractivity contribution in [3.63, 3.8) is 0 Å². The van der Waals surface area contributed by atoms with E-state index >= 15 is 0 Å². The summed E-state index contributed by atoms with van der Waals surface area (Å²) in [6, 6.07) is 8.25. The van der Waals surface area contributed by atoms with Crippen LogP contribution in [0.15, 0.2) is 30.3 Å². The smallest absolute Gasteiger partial charge is 0.326 e. The molecular formula is C29H45N7O5. The van der Waals surface area contributed by atoms with E-state index in [0.29, 0.717) is 69.3 Å². The van der Waals surface area contributed by atoms with Crippen molar-refractivity contribution in [2.75, 3.05) is 62.0 Å². The third-order valence-electron chi connectivity index (χ3n) is 6.69. The van der Waals surface area contributed by atoms with E-state index in [2.05, 4.69) is 36.2 Å². The van der Waals surface area contributed by atoms with Crippen LogP contribution in [0.1, 0.15) is 62.7 Å². The van der Waals surface area contributed by atoms with Crippen molar-refractivity contribution < 1.29 is 24.2 Å². The van der Waals surface area contributed by atoms with Gasteiger partial charge in [-0.15, -0.1) is 0 Å². The molecule has 5 N–H and O–H groups in total. The number of nitrogens with one attached hydrogen (secondary N) is 4. The number of ether oxygens (including phenoxy) is 2. The molecule has 41 heavy (non-hydrogen) atoms. The Bertz CT molecular complexity index is 1050. The van der Waals surface area contributed by atoms with Crippen LogP contribution < -0.4 is 21.3 Å². The van der Waals surface area contributed by atoms with E-state index in [-0.39, 0.29) is 17.8 Å². The maximum absolute atomic E-state index is 12.0. The number of aromatic nitrogens is 3. The van der Waals surface area contributed by atoms with E-state index < -0.39 is 12.0 Å². The van der Waals surface area contributed by atoms with Crippen molar-refractivity contribution in [1.82, 2.24) is 20.3 Å². The lowest BCUT2D eigenvalue weighted by Gasteiger charge is -2.22. The van der Waals surface area contributed by atoms with Gasteiger partial charge in [-0.25, -0.2) is 4.79 Å². The van der Waals surface area contributed by atoms with Crippen LogP contribution in [0.2, 0.25) is 0 Å². The molecule has 1 heterocycles. The number of hydrogen-bond acceptors (Lipinski definition) is 10. The summed E-state index contributed by atoms with van der Waals surface area (Å²) < 4.78 is 11.1. The van der Waals surface area contributed by atoms with Gasteiger partial charge in [0.1, 0.15) is 6.04 Å². The minimum Gasteiger partial charge on any atom is -0.480 e. The number of hydrogen-bond donors (Lipinski definition) is 5. The second kappa shape index (κ2) is 18.0. The second-order valence-corrected chi connectivity index (χ2v) is 10.6. The molecule has 12 nitrogen and oxygen atoms in total. The molecule has 12 heteroatoms. The lowest BCUT2D eigenvalue weighted by Crippen LogP contribution is -2.32. The molecule has 226 valence electrons. The number of nitrogens with zero attached hydrogens (tertiary/aromatic N) is 3. The number of carboxylic acids is 1. The first-order valence-corrected chi connectivity index (χ1v) is 14.6. The average Bonchev–Trinajstić information content (AvgIpc) is 2.97. The number of carbonyl (C=O) groups is 2. The number of rotatable bonds is 19. The molecule has 1 aliphatic carbocycles. The molecule has 1 aliphatic rings. The Morgan fingerprint density at radius 3 is 2.17 bits per heavy atom. The molecule has 1 fully saturated rings. The quantitative estimate of drug-likeness (QED) is 0.157. The fourth-order valence-corrected chi connectivity index (χ4v) is 4.56. The molecule has 2 aromatic rings. The van der Waals surface area contributed by atoms with Crippen LogP contribution in [0.5, 0.6) is 0 Å². The normalized spacial score (nSPS) is 14.4. The predicted molar refractivity (Wildman–Crippen MR) is 158 cm³/mol. The molecule has 1 amide bonds. The van der Waals surface area contributed by atoms with E-state index in [1.165, 1.54) is 32.1 Å². The molecule has 0 bridgehead atoms. The van der Waals surface area contributed by atoms with Crippen molar-refractivity contribution in [1.29, 1.82) is 0 Å². The highest BCUT2D eigenvalue weighted by atomic mass is 16.5. The molecule has 1 aromatic heterocycles. The summed E-state index contributed by atoms with van der Waals surface area (Å²) in [6.07, 6.45) is 6.60. The van der Waals surface area contributed by atoms with Crippen LogP contribution in [-0.4, -0.2) is 84.0 Å². The van der Waals surface area contributed by atoms with Gasteiger partial charge in [0.05, 0.1) is 26.4 Å². The molecule has 0 saturated heterocycles. The van der Waals surface area contributed by atoms with Crippen molar-refractivity contribution in [3.8, 4) is 0 Å². The first kappa shape index (κ1) is 32.0. The van der Waals surface area contributed by atoms with E-state index in [0.717, 1.165) is 6.54 Å². The van der Waals surface area contributed by atoms with Crippen LogP contribution in [0, 0.1) is 11.8 Å². The lowest BCUT2D eigenvalue weighted by molar-refractivity contribution is -0.138. The molecule has 0 spiro atoms. The SMILES string of the molecule is CC(C)C[C@H](Nc1nc(NCCOCCOCCNC(=O)c2ccccc2)nc(NCC2CCCCC2)n1)C(=O)O. The van der Waals surface area contributed by atoms with E-state index in [1.807, 2.05) is 32.0 Å². The van der Waals surface area contributed by atoms with Crippen molar-refractivity contribution in [2.24, 2.45) is 11.8 Å². The summed E-state index contributed by atoms with van der Waals surface area (Å²) in [5, 5.41) is 21.9. The highest BCUT2D eigenvalue weighted by Crippen LogP contribution is 2.24. The minimum absolute atomic E-state index is 0.126. The molecule has 0 aliphatic heterocycles. The summed E-state index contributed by atoms with van der Waals surface area (Å²) >= 11 is 0. The first-order valence-electron chi connectivity index (χ1n) is 14.6. The Labute approximate surface area is 242 Å². The summed E-state index contributed by atoms with van der Waals surface area (Å²) in [7, 11) is 0. The number of aliphatic carboxylic acids is 1. The summed E-state index contributed by atoms with van der Waals surface area (Å²) in [5.41, 5.74) is 0.619. The van der Waals surface area contributed by atoms with Gasteiger partial charge in [0, 0.05) is 25.2 Å². The zero-order chi connectivity index (χ0) is 29.3. The van der Waals surface area contributed by atoms with Crippen molar-refractivity contribution in [2.45, 2.75) is 58.4 Å². The summed E-state index contributed by atoms with van der Waals surface area (Å²) in [5.74, 6) is 0.682. The average molecular weight is 572 g/mol. The number of anilines is 3. The van der Waals surface area contributed by atoms with Gasteiger partial charge in [0.15, 0.2) is 0 Å². The van der Waals surface area contributed by atoms with Gasteiger partial charge in [0.25, 0.3) is 5.91 Å². The van der Waals surface area contributed by atoms with Crippen LogP contribution in [0.25, 0.3) is 0 Å². The fraction of sp³-hybridized carbons (Fsp3) is 0.621. The molecular weight excluding hydrogens is 526 g/mol. The third-order valence-corrected chi connectivity index (χ3v) is 6.69. The number of amides is 1. The van der Waals surface area contributed by atoms with E-state index in [1.54, 1.807) is 12.1 Å². The lowest BCUT2D eigenvalue weighted by atomic mass is 9.89. The maximum atomic E-state index is 12.0. The van der Waals surface area contributed by atoms with Crippen molar-refractivity contribution >= 4 is 29.7 Å². The van der Waals surface area contributed by atoms with Gasteiger partial charge < -0.3 is 35.8 Å². The summed E-state index contributed by atoms with van der Waals surface area (Å²) in [6.45, 7) is 7.20. The zero-order valence-electron chi connectivity index (χ0n) is 24.2. The number of benzene rings is 1. The van der Waals surface area contributed by atoms with Gasteiger partial charge in [-0.05, 0) is 43.2 Å². The Balaban J connectivity index is 1.40. The Morgan fingerprint density at radius 1 is 0.878 bits per heavy atom. The van der Waals surface area contributed by atoms with E-state index in [4.69, 9.17) is 9.47 Å². The predicted octanol–water partition coefficient (Wildman–Crippen LogP) is 3.65. The van der Waals surface area contributed by atoms with Gasteiger partial charge in [-0.1, -0.05) is 51.3 Å². The topological polar surface area (TPSA) is 160 Å². The maximum Gasteiger partial charge on any atom is 0.326 e. The van der Waals surface area contributed by atoms with Crippen LogP contribution >= 0.6 is 0 Å². The largest absolute Gasteiger partial charge is 0.480 e. The molecule has 0 unspecified atom stereocenters. The van der Waals surface area contributed by atoms with E-state index in [9.17, 15) is 14.7 Å². The Morgan fingerprint density at radius 2 is 1.51 bits per heavy atom. The molecule has 1 aromatic carbocycles. The molecule has 3 rings (SSSR count).